The Morgan fingerprint density at radius 2 is 1.74 bits per heavy atom. The molecule has 0 radical (unpaired) electrons. The Labute approximate surface area is 137 Å². The van der Waals surface area contributed by atoms with Gasteiger partial charge in [-0.1, -0.05) is 66.7 Å². The normalized spacial score (nSPS) is 18.7. The molecule has 2 aliphatic rings. The largest absolute Gasteiger partial charge is 0.299 e. The summed E-state index contributed by atoms with van der Waals surface area (Å²) in [4.78, 5) is 12.5. The summed E-state index contributed by atoms with van der Waals surface area (Å²) in [6.45, 7) is 0. The van der Waals surface area contributed by atoms with Gasteiger partial charge < -0.3 is 0 Å². The van der Waals surface area contributed by atoms with E-state index < -0.39 is 0 Å². The highest BCUT2D eigenvalue weighted by atomic mass is 16.1. The van der Waals surface area contributed by atoms with Crippen LogP contribution in [0.3, 0.4) is 0 Å². The Balaban J connectivity index is 1.53. The molecule has 1 atom stereocenters. The maximum absolute atomic E-state index is 12.5. The summed E-state index contributed by atoms with van der Waals surface area (Å²) in [5, 5.41) is 0. The highest BCUT2D eigenvalue weighted by Gasteiger charge is 2.28. The molecule has 1 unspecified atom stereocenters. The van der Waals surface area contributed by atoms with Crippen LogP contribution in [0.1, 0.15) is 29.5 Å². The number of carbonyl (C=O) groups is 1. The summed E-state index contributed by atoms with van der Waals surface area (Å²) in [7, 11) is 0. The van der Waals surface area contributed by atoms with Crippen molar-refractivity contribution in [2.75, 3.05) is 0 Å². The van der Waals surface area contributed by atoms with Crippen LogP contribution >= 0.6 is 0 Å². The smallest absolute Gasteiger partial charge is 0.138 e. The van der Waals surface area contributed by atoms with Gasteiger partial charge in [0, 0.05) is 18.8 Å². The van der Waals surface area contributed by atoms with E-state index in [-0.39, 0.29) is 5.92 Å². The Morgan fingerprint density at radius 1 is 0.957 bits per heavy atom. The van der Waals surface area contributed by atoms with E-state index in [4.69, 9.17) is 0 Å². The molecule has 0 fully saturated rings. The first-order chi connectivity index (χ1) is 11.3. The monoisotopic (exact) mass is 300 g/mol. The minimum atomic E-state index is 0.252. The molecule has 0 N–H and O–H groups in total. The number of hydrogen-bond donors (Lipinski definition) is 0. The molecule has 0 saturated heterocycles. The van der Waals surface area contributed by atoms with Crippen LogP contribution in [0.2, 0.25) is 0 Å². The van der Waals surface area contributed by atoms with Gasteiger partial charge in [0.1, 0.15) is 5.78 Å². The molecule has 2 aromatic carbocycles. The maximum atomic E-state index is 12.5. The van der Waals surface area contributed by atoms with E-state index in [1.165, 1.54) is 22.3 Å². The molecule has 1 heteroatoms. The average molecular weight is 300 g/mol. The second kappa shape index (κ2) is 6.00. The molecule has 0 aliphatic heterocycles. The number of ketones is 1. The van der Waals surface area contributed by atoms with Crippen molar-refractivity contribution in [2.45, 2.75) is 25.7 Å². The predicted molar refractivity (Wildman–Crippen MR) is 94.1 cm³/mol. The van der Waals surface area contributed by atoms with E-state index in [1.54, 1.807) is 0 Å². The van der Waals surface area contributed by atoms with Gasteiger partial charge in [-0.15, -0.1) is 0 Å². The number of carbonyl (C=O) groups excluding carboxylic acids is 1. The number of aryl methyl sites for hydroxylation is 1. The summed E-state index contributed by atoms with van der Waals surface area (Å²) in [6.07, 6.45) is 7.84. The molecule has 114 valence electrons. The van der Waals surface area contributed by atoms with Crippen molar-refractivity contribution in [3.63, 3.8) is 0 Å². The highest BCUT2D eigenvalue weighted by molar-refractivity contribution is 5.87. The summed E-state index contributed by atoms with van der Waals surface area (Å²) in [5.74, 6) is 0.574. The number of fused-ring (bicyclic) bond motifs is 2. The van der Waals surface area contributed by atoms with E-state index >= 15 is 0 Å². The first-order valence-electron chi connectivity index (χ1n) is 8.36. The van der Waals surface area contributed by atoms with Gasteiger partial charge in [0.2, 0.25) is 0 Å². The molecule has 2 aliphatic carbocycles. The zero-order valence-corrected chi connectivity index (χ0v) is 13.2. The van der Waals surface area contributed by atoms with Gasteiger partial charge in [-0.3, -0.25) is 4.79 Å². The molecule has 0 heterocycles. The lowest BCUT2D eigenvalue weighted by Gasteiger charge is -2.23. The Morgan fingerprint density at radius 3 is 2.61 bits per heavy atom. The van der Waals surface area contributed by atoms with Crippen molar-refractivity contribution in [3.8, 4) is 0 Å². The molecule has 0 saturated carbocycles. The van der Waals surface area contributed by atoms with Crippen molar-refractivity contribution in [3.05, 3.63) is 89.0 Å². The molecular formula is C22H20O. The second-order valence-electron chi connectivity index (χ2n) is 6.47. The van der Waals surface area contributed by atoms with Crippen LogP contribution in [-0.4, -0.2) is 5.78 Å². The van der Waals surface area contributed by atoms with Crippen LogP contribution in [-0.2, 0) is 17.6 Å². The van der Waals surface area contributed by atoms with Crippen molar-refractivity contribution in [1.29, 1.82) is 0 Å². The van der Waals surface area contributed by atoms with E-state index in [9.17, 15) is 4.79 Å². The van der Waals surface area contributed by atoms with Crippen molar-refractivity contribution in [1.82, 2.24) is 0 Å². The molecule has 23 heavy (non-hydrogen) atoms. The lowest BCUT2D eigenvalue weighted by atomic mass is 9.81. The van der Waals surface area contributed by atoms with Gasteiger partial charge in [-0.25, -0.2) is 0 Å². The molecule has 0 amide bonds. The Kier molecular flexibility index (Phi) is 3.70. The maximum Gasteiger partial charge on any atom is 0.138 e. The molecule has 4 rings (SSSR count). The molecular weight excluding hydrogens is 280 g/mol. The quantitative estimate of drug-likeness (QED) is 0.794. The third-order valence-corrected chi connectivity index (χ3v) is 4.91. The summed E-state index contributed by atoms with van der Waals surface area (Å²) >= 11 is 0. The van der Waals surface area contributed by atoms with Gasteiger partial charge in [0.25, 0.3) is 0 Å². The third-order valence-electron chi connectivity index (χ3n) is 4.91. The highest BCUT2D eigenvalue weighted by Crippen LogP contribution is 2.42. The van der Waals surface area contributed by atoms with Crippen LogP contribution < -0.4 is 0 Å². The molecule has 0 bridgehead atoms. The number of rotatable bonds is 4. The zero-order valence-electron chi connectivity index (χ0n) is 13.2. The SMILES string of the molecule is O=C(Cc1ccccc1)CC1C=CC2=C1c1ccccc1CC2. The van der Waals surface area contributed by atoms with Crippen molar-refractivity contribution < 1.29 is 4.79 Å². The zero-order chi connectivity index (χ0) is 15.6. The summed E-state index contributed by atoms with van der Waals surface area (Å²) in [6, 6.07) is 18.7. The molecule has 1 nitrogen and oxygen atoms in total. The minimum absolute atomic E-state index is 0.252. The van der Waals surface area contributed by atoms with Gasteiger partial charge in [-0.2, -0.15) is 0 Å². The fourth-order valence-electron chi connectivity index (χ4n) is 3.83. The van der Waals surface area contributed by atoms with Crippen LogP contribution in [0, 0.1) is 5.92 Å². The lowest BCUT2D eigenvalue weighted by Crippen LogP contribution is -2.12. The van der Waals surface area contributed by atoms with E-state index in [0.717, 1.165) is 18.4 Å². The molecule has 2 aromatic rings. The van der Waals surface area contributed by atoms with Crippen molar-refractivity contribution >= 4 is 11.4 Å². The Hall–Kier alpha value is -2.41. The number of Topliss-reactive ketones (excluding diaryl/α,β-unsaturated/α-hetero) is 1. The average Bonchev–Trinajstić information content (AvgIpc) is 2.99. The van der Waals surface area contributed by atoms with E-state index in [2.05, 4.69) is 36.4 Å². The van der Waals surface area contributed by atoms with Crippen molar-refractivity contribution in [2.24, 2.45) is 5.92 Å². The number of benzene rings is 2. The van der Waals surface area contributed by atoms with Crippen LogP contribution in [0.25, 0.3) is 5.57 Å². The number of hydrogen-bond acceptors (Lipinski definition) is 1. The van der Waals surface area contributed by atoms with Gasteiger partial charge >= 0.3 is 0 Å². The van der Waals surface area contributed by atoms with E-state index in [0.29, 0.717) is 18.6 Å². The van der Waals surface area contributed by atoms with Crippen LogP contribution in [0.4, 0.5) is 0 Å². The number of allylic oxidation sites excluding steroid dienone is 4. The molecule has 0 spiro atoms. The summed E-state index contributed by atoms with van der Waals surface area (Å²) < 4.78 is 0. The molecule has 0 aromatic heterocycles. The van der Waals surface area contributed by atoms with Gasteiger partial charge in [0.15, 0.2) is 0 Å². The third kappa shape index (κ3) is 2.79. The second-order valence-corrected chi connectivity index (χ2v) is 6.47. The minimum Gasteiger partial charge on any atom is -0.299 e. The lowest BCUT2D eigenvalue weighted by molar-refractivity contribution is -0.118. The van der Waals surface area contributed by atoms with E-state index in [1.807, 2.05) is 30.3 Å². The summed E-state index contributed by atoms with van der Waals surface area (Å²) in [5.41, 5.74) is 6.72. The first kappa shape index (κ1) is 14.2. The Bertz CT molecular complexity index is 796. The van der Waals surface area contributed by atoms with Crippen LogP contribution in [0.5, 0.6) is 0 Å². The predicted octanol–water partition coefficient (Wildman–Crippen LogP) is 4.77. The fourth-order valence-corrected chi connectivity index (χ4v) is 3.83. The van der Waals surface area contributed by atoms with Gasteiger partial charge in [0.05, 0.1) is 0 Å². The fraction of sp³-hybridized carbons (Fsp3) is 0.227. The van der Waals surface area contributed by atoms with Crippen LogP contribution in [0.15, 0.2) is 72.3 Å². The topological polar surface area (TPSA) is 17.1 Å². The van der Waals surface area contributed by atoms with Gasteiger partial charge in [-0.05, 0) is 40.7 Å². The standard InChI is InChI=1S/C22H20O/c23-20(14-16-6-2-1-3-7-16)15-19-13-12-18-11-10-17-8-4-5-9-21(17)22(18)19/h1-9,12-13,19H,10-11,14-15H2. The first-order valence-corrected chi connectivity index (χ1v) is 8.36.